The fourth-order valence-electron chi connectivity index (χ4n) is 8.72. The highest BCUT2D eigenvalue weighted by Crippen LogP contribution is 2.16. The highest BCUT2D eigenvalue weighted by atomic mass is 16.5. The number of amides is 1. The normalized spacial score (nSPS) is 12.9. The van der Waals surface area contributed by atoms with Crippen molar-refractivity contribution < 1.29 is 24.5 Å². The fraction of sp³-hybridized carbons (Fsp3) is 0.864. The van der Waals surface area contributed by atoms with E-state index < -0.39 is 12.1 Å². The van der Waals surface area contributed by atoms with Crippen molar-refractivity contribution in [2.75, 3.05) is 13.2 Å². The monoisotopic (exact) mass is 914 g/mol. The molecule has 382 valence electrons. The lowest BCUT2D eigenvalue weighted by atomic mass is 10.0. The van der Waals surface area contributed by atoms with Crippen molar-refractivity contribution in [1.82, 2.24) is 5.32 Å². The molecule has 0 aromatic carbocycles. The largest absolute Gasteiger partial charge is 0.466 e. The van der Waals surface area contributed by atoms with Gasteiger partial charge in [0.15, 0.2) is 0 Å². The maximum absolute atomic E-state index is 12.4. The third-order valence-corrected chi connectivity index (χ3v) is 13.2. The first-order chi connectivity index (χ1) is 32.0. The molecule has 6 heteroatoms. The predicted octanol–water partition coefficient (Wildman–Crippen LogP) is 17.6. The number of ether oxygens (including phenoxy) is 1. The molecule has 0 aliphatic rings. The molecule has 0 heterocycles. The van der Waals surface area contributed by atoms with Gasteiger partial charge in [0.1, 0.15) is 0 Å². The minimum Gasteiger partial charge on any atom is -0.466 e. The zero-order chi connectivity index (χ0) is 47.2. The Morgan fingerprint density at radius 3 is 1.20 bits per heavy atom. The Balaban J connectivity index is 3.41. The van der Waals surface area contributed by atoms with Crippen LogP contribution in [-0.2, 0) is 14.3 Å². The molecular formula is C59H111NO5. The van der Waals surface area contributed by atoms with E-state index in [0.717, 1.165) is 51.4 Å². The van der Waals surface area contributed by atoms with Crippen molar-refractivity contribution in [3.63, 3.8) is 0 Å². The van der Waals surface area contributed by atoms with Gasteiger partial charge in [-0.2, -0.15) is 0 Å². The Morgan fingerprint density at radius 1 is 0.431 bits per heavy atom. The number of aliphatic hydroxyl groups excluding tert-OH is 2. The van der Waals surface area contributed by atoms with E-state index >= 15 is 0 Å². The van der Waals surface area contributed by atoms with Crippen molar-refractivity contribution in [3.05, 3.63) is 36.5 Å². The average molecular weight is 915 g/mol. The third kappa shape index (κ3) is 51.3. The summed E-state index contributed by atoms with van der Waals surface area (Å²) >= 11 is 0. The van der Waals surface area contributed by atoms with Gasteiger partial charge in [-0.25, -0.2) is 0 Å². The average Bonchev–Trinajstić information content (AvgIpc) is 3.31. The van der Waals surface area contributed by atoms with Gasteiger partial charge in [0, 0.05) is 12.8 Å². The molecule has 6 nitrogen and oxygen atoms in total. The number of esters is 1. The van der Waals surface area contributed by atoms with E-state index in [2.05, 4.69) is 43.5 Å². The van der Waals surface area contributed by atoms with Crippen molar-refractivity contribution in [3.8, 4) is 0 Å². The van der Waals surface area contributed by atoms with Crippen LogP contribution in [0.1, 0.15) is 303 Å². The van der Waals surface area contributed by atoms with E-state index in [9.17, 15) is 19.8 Å². The lowest BCUT2D eigenvalue weighted by Crippen LogP contribution is -2.45. The van der Waals surface area contributed by atoms with E-state index in [0.29, 0.717) is 19.4 Å². The Labute approximate surface area is 404 Å². The number of carbonyl (C=O) groups excluding carboxylic acids is 2. The van der Waals surface area contributed by atoms with Gasteiger partial charge in [0.05, 0.1) is 25.4 Å². The first kappa shape index (κ1) is 63.1. The molecule has 0 rings (SSSR count). The number of rotatable bonds is 53. The van der Waals surface area contributed by atoms with Crippen molar-refractivity contribution >= 4 is 11.9 Å². The van der Waals surface area contributed by atoms with E-state index in [1.165, 1.54) is 225 Å². The molecule has 3 N–H and O–H groups in total. The zero-order valence-electron chi connectivity index (χ0n) is 43.5. The number of allylic oxidation sites excluding steroid dienone is 5. The summed E-state index contributed by atoms with van der Waals surface area (Å²) in [6.07, 6.45) is 67.3. The van der Waals surface area contributed by atoms with E-state index in [1.807, 2.05) is 6.08 Å². The summed E-state index contributed by atoms with van der Waals surface area (Å²) < 4.78 is 5.49. The number of hydrogen-bond donors (Lipinski definition) is 3. The highest BCUT2D eigenvalue weighted by Gasteiger charge is 2.18. The van der Waals surface area contributed by atoms with Crippen molar-refractivity contribution in [2.24, 2.45) is 0 Å². The van der Waals surface area contributed by atoms with E-state index in [4.69, 9.17) is 4.74 Å². The summed E-state index contributed by atoms with van der Waals surface area (Å²) in [5.41, 5.74) is 0. The number of carbonyl (C=O) groups is 2. The molecule has 0 spiro atoms. The highest BCUT2D eigenvalue weighted by molar-refractivity contribution is 5.76. The number of nitrogens with one attached hydrogen (secondary N) is 1. The first-order valence-electron chi connectivity index (χ1n) is 28.8. The molecule has 2 atom stereocenters. The topological polar surface area (TPSA) is 95.9 Å². The number of unbranched alkanes of at least 4 members (excludes halogenated alkanes) is 38. The van der Waals surface area contributed by atoms with Crippen LogP contribution >= 0.6 is 0 Å². The minimum absolute atomic E-state index is 0.000391. The smallest absolute Gasteiger partial charge is 0.305 e. The molecule has 0 aromatic heterocycles. The maximum atomic E-state index is 12.4. The molecule has 0 aliphatic carbocycles. The van der Waals surface area contributed by atoms with Gasteiger partial charge in [-0.15, -0.1) is 0 Å². The van der Waals surface area contributed by atoms with Gasteiger partial charge in [-0.05, 0) is 64.2 Å². The molecule has 0 aliphatic heterocycles. The van der Waals surface area contributed by atoms with E-state index in [1.54, 1.807) is 6.08 Å². The molecule has 2 unspecified atom stereocenters. The van der Waals surface area contributed by atoms with Crippen LogP contribution < -0.4 is 5.32 Å². The summed E-state index contributed by atoms with van der Waals surface area (Å²) in [6, 6.07) is -0.631. The molecule has 0 fully saturated rings. The summed E-state index contributed by atoms with van der Waals surface area (Å²) in [5, 5.41) is 23.0. The lowest BCUT2D eigenvalue weighted by Gasteiger charge is -2.20. The van der Waals surface area contributed by atoms with Crippen LogP contribution in [0.5, 0.6) is 0 Å². The molecule has 1 amide bonds. The molecule has 0 saturated carbocycles. The molecular weight excluding hydrogens is 803 g/mol. The number of aliphatic hydroxyl groups is 2. The molecule has 0 aromatic rings. The predicted molar refractivity (Wildman–Crippen MR) is 283 cm³/mol. The van der Waals surface area contributed by atoms with Crippen LogP contribution in [0.4, 0.5) is 0 Å². The Hall–Kier alpha value is -1.92. The Kier molecular flexibility index (Phi) is 53.1. The minimum atomic E-state index is -0.847. The van der Waals surface area contributed by atoms with E-state index in [-0.39, 0.29) is 18.5 Å². The van der Waals surface area contributed by atoms with Gasteiger partial charge in [-0.1, -0.05) is 262 Å². The molecule has 0 saturated heterocycles. The van der Waals surface area contributed by atoms with Crippen LogP contribution in [0.15, 0.2) is 36.5 Å². The summed E-state index contributed by atoms with van der Waals surface area (Å²) in [4.78, 5) is 24.5. The first-order valence-corrected chi connectivity index (χ1v) is 28.8. The molecule has 65 heavy (non-hydrogen) atoms. The Morgan fingerprint density at radius 2 is 0.769 bits per heavy atom. The standard InChI is InChI=1S/C59H111NO5/c1-3-5-7-9-11-13-15-17-18-19-20-23-26-29-33-37-41-45-49-53-59(64)65-54-50-46-42-38-34-30-27-24-21-22-25-28-32-36-40-44-48-52-58(63)60-56(55-61)57(62)51-47-43-39-35-31-16-14-12-10-8-6-4-2/h11,13,17-18,47,51,56-57,61-62H,3-10,12,14-16,19-46,48-50,52-55H2,1-2H3,(H,60,63)/b13-11-,18-17-,51-47+. The second kappa shape index (κ2) is 54.7. The van der Waals surface area contributed by atoms with Crippen LogP contribution in [-0.4, -0.2) is 47.4 Å². The summed E-state index contributed by atoms with van der Waals surface area (Å²) in [6.45, 7) is 4.86. The second-order valence-corrected chi connectivity index (χ2v) is 19.6. The van der Waals surface area contributed by atoms with Gasteiger partial charge in [0.2, 0.25) is 5.91 Å². The Bertz CT molecular complexity index is 1060. The fourth-order valence-corrected chi connectivity index (χ4v) is 8.72. The number of hydrogen-bond acceptors (Lipinski definition) is 5. The SMILES string of the molecule is CCCCC/C=C\C/C=C\CCCCCCCCCCCC(=O)OCCCCCCCCCCCCCCCCCCCC(=O)NC(CO)C(O)/C=C/CCCCCCCCCCCC. The van der Waals surface area contributed by atoms with Crippen LogP contribution in [0.2, 0.25) is 0 Å². The van der Waals surface area contributed by atoms with Gasteiger partial charge in [-0.3, -0.25) is 9.59 Å². The van der Waals surface area contributed by atoms with Gasteiger partial charge < -0.3 is 20.3 Å². The molecule has 0 bridgehead atoms. The van der Waals surface area contributed by atoms with Crippen molar-refractivity contribution in [1.29, 1.82) is 0 Å². The van der Waals surface area contributed by atoms with Crippen LogP contribution in [0.25, 0.3) is 0 Å². The van der Waals surface area contributed by atoms with Crippen molar-refractivity contribution in [2.45, 2.75) is 315 Å². The quantitative estimate of drug-likeness (QED) is 0.0321. The van der Waals surface area contributed by atoms with Gasteiger partial charge >= 0.3 is 5.97 Å². The summed E-state index contributed by atoms with van der Waals surface area (Å²) in [7, 11) is 0. The maximum Gasteiger partial charge on any atom is 0.305 e. The second-order valence-electron chi connectivity index (χ2n) is 19.6. The molecule has 0 radical (unpaired) electrons. The third-order valence-electron chi connectivity index (χ3n) is 13.2. The van der Waals surface area contributed by atoms with Crippen LogP contribution in [0.3, 0.4) is 0 Å². The lowest BCUT2D eigenvalue weighted by molar-refractivity contribution is -0.143. The van der Waals surface area contributed by atoms with Crippen LogP contribution in [0, 0.1) is 0 Å². The summed E-state index contributed by atoms with van der Waals surface area (Å²) in [5.74, 6) is -0.0737. The van der Waals surface area contributed by atoms with Gasteiger partial charge in [0.25, 0.3) is 0 Å². The zero-order valence-corrected chi connectivity index (χ0v) is 43.5.